The molecule has 0 saturated heterocycles. The van der Waals surface area contributed by atoms with Gasteiger partial charge in [-0.2, -0.15) is 0 Å². The predicted octanol–water partition coefficient (Wildman–Crippen LogP) is 1.89. The normalized spacial score (nSPS) is 17.3. The van der Waals surface area contributed by atoms with Gasteiger partial charge in [0.15, 0.2) is 0 Å². The van der Waals surface area contributed by atoms with Crippen molar-refractivity contribution in [2.75, 3.05) is 18.4 Å². The van der Waals surface area contributed by atoms with Gasteiger partial charge in [-0.3, -0.25) is 0 Å². The molecule has 4 heteroatoms. The molecule has 0 atom stereocenters. The lowest BCUT2D eigenvalue weighted by atomic mass is 9.89. The van der Waals surface area contributed by atoms with Crippen LogP contribution in [0.2, 0.25) is 0 Å². The molecule has 16 heavy (non-hydrogen) atoms. The first-order valence-corrected chi connectivity index (χ1v) is 6.16. The summed E-state index contributed by atoms with van der Waals surface area (Å²) in [5, 5.41) is 3.17. The molecule has 1 saturated carbocycles. The van der Waals surface area contributed by atoms with Gasteiger partial charge < -0.3 is 11.1 Å². The van der Waals surface area contributed by atoms with E-state index in [1.807, 2.05) is 12.4 Å². The van der Waals surface area contributed by atoms with Gasteiger partial charge >= 0.3 is 0 Å². The van der Waals surface area contributed by atoms with E-state index in [-0.39, 0.29) is 0 Å². The smallest absolute Gasteiger partial charge is 0.131 e. The summed E-state index contributed by atoms with van der Waals surface area (Å²) in [4.78, 5) is 8.88. The second-order valence-corrected chi connectivity index (χ2v) is 4.38. The Morgan fingerprint density at radius 3 is 2.50 bits per heavy atom. The van der Waals surface area contributed by atoms with Crippen molar-refractivity contribution in [1.82, 2.24) is 9.97 Å². The highest BCUT2D eigenvalue weighted by molar-refractivity contribution is 5.37. The van der Waals surface area contributed by atoms with Gasteiger partial charge in [0.25, 0.3) is 0 Å². The van der Waals surface area contributed by atoms with E-state index in [9.17, 15) is 0 Å². The van der Waals surface area contributed by atoms with Crippen molar-refractivity contribution < 1.29 is 0 Å². The largest absolute Gasteiger partial charge is 0.381 e. The fraction of sp³-hybridized carbons (Fsp3) is 0.667. The molecule has 0 aliphatic heterocycles. The van der Waals surface area contributed by atoms with Gasteiger partial charge in [-0.25, -0.2) is 9.97 Å². The Hall–Kier alpha value is -1.16. The minimum atomic E-state index is 0.581. The van der Waals surface area contributed by atoms with Crippen LogP contribution in [-0.2, 0) is 0 Å². The van der Waals surface area contributed by atoms with Crippen molar-refractivity contribution in [2.24, 2.45) is 5.73 Å². The maximum atomic E-state index is 5.42. The molecule has 1 heterocycles. The maximum Gasteiger partial charge on any atom is 0.131 e. The van der Waals surface area contributed by atoms with Crippen molar-refractivity contribution in [3.63, 3.8) is 0 Å². The quantitative estimate of drug-likeness (QED) is 0.813. The standard InChI is InChI=1S/C12H20N4/c13-6-7-14-11-8-15-12(16-9-11)10-4-2-1-3-5-10/h8-10,14H,1-7,13H2. The summed E-state index contributed by atoms with van der Waals surface area (Å²) in [6, 6.07) is 0. The number of aromatic nitrogens is 2. The molecule has 0 unspecified atom stereocenters. The van der Waals surface area contributed by atoms with E-state index in [1.54, 1.807) is 0 Å². The van der Waals surface area contributed by atoms with Crippen molar-refractivity contribution in [1.29, 1.82) is 0 Å². The van der Waals surface area contributed by atoms with Crippen LogP contribution >= 0.6 is 0 Å². The van der Waals surface area contributed by atoms with Gasteiger partial charge in [-0.15, -0.1) is 0 Å². The van der Waals surface area contributed by atoms with Crippen LogP contribution in [0, 0.1) is 0 Å². The van der Waals surface area contributed by atoms with E-state index in [0.29, 0.717) is 12.5 Å². The molecule has 0 bridgehead atoms. The van der Waals surface area contributed by atoms with Crippen LogP contribution in [0.5, 0.6) is 0 Å². The third-order valence-electron chi connectivity index (χ3n) is 3.12. The molecule has 1 aliphatic rings. The second kappa shape index (κ2) is 5.80. The Balaban J connectivity index is 1.95. The van der Waals surface area contributed by atoms with Crippen LogP contribution in [0.4, 0.5) is 5.69 Å². The third-order valence-corrected chi connectivity index (χ3v) is 3.12. The highest BCUT2D eigenvalue weighted by Crippen LogP contribution is 2.30. The first-order valence-electron chi connectivity index (χ1n) is 6.16. The van der Waals surface area contributed by atoms with E-state index in [2.05, 4.69) is 15.3 Å². The highest BCUT2D eigenvalue weighted by atomic mass is 15.0. The summed E-state index contributed by atoms with van der Waals surface area (Å²) in [5.74, 6) is 1.59. The minimum Gasteiger partial charge on any atom is -0.381 e. The van der Waals surface area contributed by atoms with Crippen LogP contribution in [0.25, 0.3) is 0 Å². The van der Waals surface area contributed by atoms with E-state index >= 15 is 0 Å². The lowest BCUT2D eigenvalue weighted by Crippen LogP contribution is -2.14. The third kappa shape index (κ3) is 2.92. The Bertz CT molecular complexity index is 303. The van der Waals surface area contributed by atoms with E-state index in [1.165, 1.54) is 32.1 Å². The summed E-state index contributed by atoms with van der Waals surface area (Å²) < 4.78 is 0. The predicted molar refractivity (Wildman–Crippen MR) is 65.4 cm³/mol. The van der Waals surface area contributed by atoms with E-state index in [4.69, 9.17) is 5.73 Å². The van der Waals surface area contributed by atoms with Crippen molar-refractivity contribution in [3.8, 4) is 0 Å². The number of nitrogens with two attached hydrogens (primary N) is 1. The van der Waals surface area contributed by atoms with Gasteiger partial charge in [0.1, 0.15) is 5.82 Å². The second-order valence-electron chi connectivity index (χ2n) is 4.38. The van der Waals surface area contributed by atoms with E-state index < -0.39 is 0 Å². The Morgan fingerprint density at radius 1 is 1.19 bits per heavy atom. The SMILES string of the molecule is NCCNc1cnc(C2CCCCC2)nc1. The maximum absolute atomic E-state index is 5.42. The summed E-state index contributed by atoms with van der Waals surface area (Å²) in [6.07, 6.45) is 10.2. The van der Waals surface area contributed by atoms with Crippen molar-refractivity contribution >= 4 is 5.69 Å². The zero-order valence-electron chi connectivity index (χ0n) is 9.65. The lowest BCUT2D eigenvalue weighted by Gasteiger charge is -2.20. The molecule has 1 aromatic rings. The summed E-state index contributed by atoms with van der Waals surface area (Å²) in [7, 11) is 0. The molecular weight excluding hydrogens is 200 g/mol. The Kier molecular flexibility index (Phi) is 4.10. The van der Waals surface area contributed by atoms with Crippen molar-refractivity contribution in [3.05, 3.63) is 18.2 Å². The van der Waals surface area contributed by atoms with E-state index in [0.717, 1.165) is 18.1 Å². The number of hydrogen-bond donors (Lipinski definition) is 2. The molecule has 1 aliphatic carbocycles. The Morgan fingerprint density at radius 2 is 1.88 bits per heavy atom. The molecule has 1 fully saturated rings. The van der Waals surface area contributed by atoms with Gasteiger partial charge in [0.2, 0.25) is 0 Å². The lowest BCUT2D eigenvalue weighted by molar-refractivity contribution is 0.428. The van der Waals surface area contributed by atoms with Crippen LogP contribution < -0.4 is 11.1 Å². The van der Waals surface area contributed by atoms with Crippen LogP contribution in [0.3, 0.4) is 0 Å². The topological polar surface area (TPSA) is 63.8 Å². The first-order chi connectivity index (χ1) is 7.90. The molecule has 2 rings (SSSR count). The summed E-state index contributed by atoms with van der Waals surface area (Å²) in [5.41, 5.74) is 6.38. The molecule has 3 N–H and O–H groups in total. The molecule has 0 spiro atoms. The average molecular weight is 220 g/mol. The number of hydrogen-bond acceptors (Lipinski definition) is 4. The van der Waals surface area contributed by atoms with Crippen LogP contribution in [0.15, 0.2) is 12.4 Å². The summed E-state index contributed by atoms with van der Waals surface area (Å²) in [6.45, 7) is 1.40. The molecule has 88 valence electrons. The van der Waals surface area contributed by atoms with Crippen molar-refractivity contribution in [2.45, 2.75) is 38.0 Å². The van der Waals surface area contributed by atoms with Gasteiger partial charge in [0.05, 0.1) is 18.1 Å². The zero-order valence-corrected chi connectivity index (χ0v) is 9.65. The monoisotopic (exact) mass is 220 g/mol. The number of nitrogens with one attached hydrogen (secondary N) is 1. The fourth-order valence-electron chi connectivity index (χ4n) is 2.22. The molecule has 1 aromatic heterocycles. The van der Waals surface area contributed by atoms with Crippen LogP contribution in [-0.4, -0.2) is 23.1 Å². The summed E-state index contributed by atoms with van der Waals surface area (Å²) >= 11 is 0. The fourth-order valence-corrected chi connectivity index (χ4v) is 2.22. The average Bonchev–Trinajstić information content (AvgIpc) is 2.38. The first kappa shape index (κ1) is 11.3. The van der Waals surface area contributed by atoms with Crippen LogP contribution in [0.1, 0.15) is 43.8 Å². The number of anilines is 1. The Labute approximate surface area is 96.7 Å². The molecule has 0 amide bonds. The highest BCUT2D eigenvalue weighted by Gasteiger charge is 2.17. The molecule has 0 aromatic carbocycles. The number of rotatable bonds is 4. The molecule has 0 radical (unpaired) electrons. The molecular formula is C12H20N4. The zero-order chi connectivity index (χ0) is 11.2. The molecule has 4 nitrogen and oxygen atoms in total. The van der Waals surface area contributed by atoms with Gasteiger partial charge in [-0.05, 0) is 12.8 Å². The minimum absolute atomic E-state index is 0.581. The number of nitrogens with zero attached hydrogens (tertiary/aromatic N) is 2. The van der Waals surface area contributed by atoms with Gasteiger partial charge in [0, 0.05) is 19.0 Å². The van der Waals surface area contributed by atoms with Gasteiger partial charge in [-0.1, -0.05) is 19.3 Å².